The smallest absolute Gasteiger partial charge is 0.408 e. The van der Waals surface area contributed by atoms with E-state index in [4.69, 9.17) is 10.00 Å². The molecule has 2 atom stereocenters. The van der Waals surface area contributed by atoms with Crippen molar-refractivity contribution in [3.63, 3.8) is 0 Å². The fourth-order valence-electron chi connectivity index (χ4n) is 1.23. The Morgan fingerprint density at radius 2 is 1.62 bits per heavy atom. The second-order valence-electron chi connectivity index (χ2n) is 5.47. The maximum absolute atomic E-state index is 11.8. The van der Waals surface area contributed by atoms with Gasteiger partial charge in [0.2, 0.25) is 11.8 Å². The van der Waals surface area contributed by atoms with Gasteiger partial charge in [-0.2, -0.15) is 5.26 Å². The van der Waals surface area contributed by atoms with Crippen LogP contribution in [0.3, 0.4) is 0 Å². The molecule has 0 aliphatic rings. The van der Waals surface area contributed by atoms with Crippen molar-refractivity contribution in [2.45, 2.75) is 52.3 Å². The van der Waals surface area contributed by atoms with E-state index in [0.29, 0.717) is 0 Å². The molecule has 0 fully saturated rings. The molecule has 0 aromatic rings. The topological polar surface area (TPSA) is 120 Å². The van der Waals surface area contributed by atoms with E-state index in [0.717, 1.165) is 0 Å². The number of alkyl carbamates (subject to hydrolysis) is 1. The quantitative estimate of drug-likeness (QED) is 0.619. The van der Waals surface area contributed by atoms with Crippen molar-refractivity contribution in [3.05, 3.63) is 0 Å². The number of hydrogen-bond donors (Lipinski definition) is 3. The predicted octanol–water partition coefficient (Wildman–Crippen LogP) is 0.0441. The molecule has 3 amide bonds. The minimum absolute atomic E-state index is 0.134. The lowest BCUT2D eigenvalue weighted by atomic mass is 10.2. The van der Waals surface area contributed by atoms with Gasteiger partial charge in [0, 0.05) is 0 Å². The van der Waals surface area contributed by atoms with Crippen LogP contribution in [-0.4, -0.2) is 42.1 Å². The van der Waals surface area contributed by atoms with Crippen LogP contribution in [0.4, 0.5) is 4.79 Å². The number of nitriles is 1. The third-order valence-electron chi connectivity index (χ3n) is 2.22. The molecule has 21 heavy (non-hydrogen) atoms. The summed E-state index contributed by atoms with van der Waals surface area (Å²) in [5.41, 5.74) is -0.662. The van der Waals surface area contributed by atoms with Gasteiger partial charge in [0.1, 0.15) is 24.2 Å². The molecule has 0 aliphatic carbocycles. The van der Waals surface area contributed by atoms with Gasteiger partial charge in [0.05, 0.1) is 6.07 Å². The molecule has 0 spiro atoms. The number of ether oxygens (including phenoxy) is 1. The van der Waals surface area contributed by atoms with Crippen molar-refractivity contribution in [1.29, 1.82) is 5.26 Å². The average molecular weight is 298 g/mol. The molecule has 0 rings (SSSR count). The van der Waals surface area contributed by atoms with Gasteiger partial charge in [0.25, 0.3) is 0 Å². The van der Waals surface area contributed by atoms with Crippen molar-refractivity contribution >= 4 is 17.9 Å². The number of rotatable bonds is 5. The zero-order chi connectivity index (χ0) is 16.6. The van der Waals surface area contributed by atoms with Crippen LogP contribution in [0.2, 0.25) is 0 Å². The third-order valence-corrected chi connectivity index (χ3v) is 2.22. The fourth-order valence-corrected chi connectivity index (χ4v) is 1.23. The van der Waals surface area contributed by atoms with E-state index < -0.39 is 35.6 Å². The van der Waals surface area contributed by atoms with Gasteiger partial charge >= 0.3 is 6.09 Å². The normalized spacial score (nSPS) is 13.3. The Hall–Kier alpha value is -2.30. The van der Waals surface area contributed by atoms with Crippen molar-refractivity contribution in [2.24, 2.45) is 0 Å². The van der Waals surface area contributed by atoms with E-state index in [1.165, 1.54) is 13.8 Å². The van der Waals surface area contributed by atoms with Gasteiger partial charge in [-0.05, 0) is 34.6 Å². The molecule has 0 aromatic carbocycles. The van der Waals surface area contributed by atoms with Crippen LogP contribution >= 0.6 is 0 Å². The Morgan fingerprint density at radius 3 is 2.10 bits per heavy atom. The molecule has 0 aromatic heterocycles. The van der Waals surface area contributed by atoms with Crippen LogP contribution in [-0.2, 0) is 14.3 Å². The van der Waals surface area contributed by atoms with Crippen LogP contribution in [0.5, 0.6) is 0 Å². The molecule has 0 heterocycles. The summed E-state index contributed by atoms with van der Waals surface area (Å²) in [4.78, 5) is 34.8. The molecule has 0 bridgehead atoms. The van der Waals surface area contributed by atoms with E-state index in [9.17, 15) is 14.4 Å². The zero-order valence-corrected chi connectivity index (χ0v) is 12.9. The summed E-state index contributed by atoms with van der Waals surface area (Å²) in [5.74, 6) is -1.00. The van der Waals surface area contributed by atoms with E-state index in [2.05, 4.69) is 16.0 Å². The third kappa shape index (κ3) is 8.47. The van der Waals surface area contributed by atoms with E-state index >= 15 is 0 Å². The summed E-state index contributed by atoms with van der Waals surface area (Å²) >= 11 is 0. The Bertz CT molecular complexity index is 436. The first-order valence-electron chi connectivity index (χ1n) is 6.51. The lowest BCUT2D eigenvalue weighted by Crippen LogP contribution is -2.52. The number of carbonyl (C=O) groups is 3. The van der Waals surface area contributed by atoms with Gasteiger partial charge in [-0.1, -0.05) is 0 Å². The molecule has 8 nitrogen and oxygen atoms in total. The second kappa shape index (κ2) is 8.09. The van der Waals surface area contributed by atoms with Gasteiger partial charge in [-0.25, -0.2) is 4.79 Å². The van der Waals surface area contributed by atoms with Gasteiger partial charge in [-0.3, -0.25) is 9.59 Å². The molecule has 0 saturated carbocycles. The van der Waals surface area contributed by atoms with Crippen molar-refractivity contribution in [2.75, 3.05) is 6.54 Å². The standard InChI is InChI=1S/C13H22N4O4/c1-8(10(18)15-7-6-14)16-11(19)9(2)17-12(20)21-13(3,4)5/h8-9H,7H2,1-5H3,(H,15,18)(H,16,19)(H,17,20). The van der Waals surface area contributed by atoms with Crippen LogP contribution in [0.1, 0.15) is 34.6 Å². The van der Waals surface area contributed by atoms with Gasteiger partial charge in [0.15, 0.2) is 0 Å². The molecule has 0 aliphatic heterocycles. The highest BCUT2D eigenvalue weighted by molar-refractivity contribution is 5.90. The van der Waals surface area contributed by atoms with Gasteiger partial charge < -0.3 is 20.7 Å². The number of hydrogen-bond acceptors (Lipinski definition) is 5. The van der Waals surface area contributed by atoms with Crippen molar-refractivity contribution in [1.82, 2.24) is 16.0 Å². The second-order valence-corrected chi connectivity index (χ2v) is 5.47. The summed E-state index contributed by atoms with van der Waals surface area (Å²) in [7, 11) is 0. The van der Waals surface area contributed by atoms with Crippen LogP contribution in [0.25, 0.3) is 0 Å². The largest absolute Gasteiger partial charge is 0.444 e. The van der Waals surface area contributed by atoms with E-state index in [-0.39, 0.29) is 6.54 Å². The first-order chi connectivity index (χ1) is 9.56. The van der Waals surface area contributed by atoms with Crippen LogP contribution in [0.15, 0.2) is 0 Å². The van der Waals surface area contributed by atoms with Crippen molar-refractivity contribution < 1.29 is 19.1 Å². The highest BCUT2D eigenvalue weighted by Crippen LogP contribution is 2.06. The monoisotopic (exact) mass is 298 g/mol. The minimum atomic E-state index is -0.855. The Labute approximate surface area is 124 Å². The highest BCUT2D eigenvalue weighted by Gasteiger charge is 2.23. The van der Waals surface area contributed by atoms with E-state index in [1.54, 1.807) is 26.8 Å². The van der Waals surface area contributed by atoms with Crippen molar-refractivity contribution in [3.8, 4) is 6.07 Å². The van der Waals surface area contributed by atoms with Crippen LogP contribution in [0, 0.1) is 11.3 Å². The lowest BCUT2D eigenvalue weighted by Gasteiger charge is -2.22. The molecule has 8 heteroatoms. The molecule has 0 saturated heterocycles. The molecule has 0 radical (unpaired) electrons. The SMILES string of the molecule is CC(NC(=O)OC(C)(C)C)C(=O)NC(C)C(=O)NCC#N. The minimum Gasteiger partial charge on any atom is -0.444 e. The summed E-state index contributed by atoms with van der Waals surface area (Å²) in [6.07, 6.45) is -0.716. The predicted molar refractivity (Wildman–Crippen MR) is 75.1 cm³/mol. The number of nitrogens with zero attached hydrogens (tertiary/aromatic N) is 1. The fraction of sp³-hybridized carbons (Fsp3) is 0.692. The summed E-state index contributed by atoms with van der Waals surface area (Å²) in [6.45, 7) is 7.94. The van der Waals surface area contributed by atoms with Crippen LogP contribution < -0.4 is 16.0 Å². The van der Waals surface area contributed by atoms with E-state index in [1.807, 2.05) is 0 Å². The average Bonchev–Trinajstić information content (AvgIpc) is 2.32. The number of carbonyl (C=O) groups excluding carboxylic acids is 3. The highest BCUT2D eigenvalue weighted by atomic mass is 16.6. The first kappa shape index (κ1) is 18.7. The summed E-state index contributed by atoms with van der Waals surface area (Å²) < 4.78 is 5.02. The molecular weight excluding hydrogens is 276 g/mol. The summed E-state index contributed by atoms with van der Waals surface area (Å²) in [6, 6.07) is 0.0923. The number of nitrogens with one attached hydrogen (secondary N) is 3. The first-order valence-corrected chi connectivity index (χ1v) is 6.51. The van der Waals surface area contributed by atoms with Gasteiger partial charge in [-0.15, -0.1) is 0 Å². The Kier molecular flexibility index (Phi) is 7.21. The summed E-state index contributed by atoms with van der Waals surface area (Å²) in [5, 5.41) is 15.5. The number of amides is 3. The maximum atomic E-state index is 11.8. The molecule has 2 unspecified atom stereocenters. The molecule has 118 valence electrons. The maximum Gasteiger partial charge on any atom is 0.408 e. The molecule has 3 N–H and O–H groups in total. The Morgan fingerprint density at radius 1 is 1.10 bits per heavy atom. The zero-order valence-electron chi connectivity index (χ0n) is 12.9. The Balaban J connectivity index is 4.30. The lowest BCUT2D eigenvalue weighted by molar-refractivity contribution is -0.129. The molecular formula is C13H22N4O4.